The summed E-state index contributed by atoms with van der Waals surface area (Å²) in [7, 11) is 0. The zero-order valence-electron chi connectivity index (χ0n) is 19.4. The third-order valence-corrected chi connectivity index (χ3v) is 8.89. The second-order valence-corrected chi connectivity index (χ2v) is 11.0. The van der Waals surface area contributed by atoms with Gasteiger partial charge in [0.2, 0.25) is 0 Å². The Morgan fingerprint density at radius 2 is 1.91 bits per heavy atom. The maximum atomic E-state index is 6.79. The molecule has 4 heterocycles. The topological polar surface area (TPSA) is 107 Å². The number of hydrogen-bond acceptors (Lipinski definition) is 8. The minimum atomic E-state index is 0.103. The Balaban J connectivity index is 1.18. The van der Waals surface area contributed by atoms with Crippen molar-refractivity contribution in [3.8, 4) is 0 Å². The normalized spacial score (nSPS) is 18.8. The molecule has 1 aliphatic carbocycles. The van der Waals surface area contributed by atoms with Crippen LogP contribution in [0, 0.1) is 12.3 Å². The van der Waals surface area contributed by atoms with Gasteiger partial charge in [0, 0.05) is 30.2 Å². The van der Waals surface area contributed by atoms with Crippen LogP contribution < -0.4 is 16.4 Å². The predicted molar refractivity (Wildman–Crippen MR) is 141 cm³/mol. The van der Waals surface area contributed by atoms with Crippen molar-refractivity contribution in [2.24, 2.45) is 11.1 Å². The van der Waals surface area contributed by atoms with E-state index in [9.17, 15) is 0 Å². The van der Waals surface area contributed by atoms with Crippen molar-refractivity contribution in [3.63, 3.8) is 0 Å². The average Bonchev–Trinajstić information content (AvgIpc) is 3.13. The Hall–Kier alpha value is -2.94. The molecule has 0 unspecified atom stereocenters. The molecule has 0 radical (unpaired) electrons. The van der Waals surface area contributed by atoms with Crippen LogP contribution >= 0.6 is 23.4 Å². The van der Waals surface area contributed by atoms with Crippen LogP contribution in [0.5, 0.6) is 0 Å². The molecule has 0 saturated carbocycles. The molecule has 4 aromatic rings. The predicted octanol–water partition coefficient (Wildman–Crippen LogP) is 4.96. The van der Waals surface area contributed by atoms with Crippen molar-refractivity contribution in [3.05, 3.63) is 70.5 Å². The van der Waals surface area contributed by atoms with E-state index in [1.165, 1.54) is 28.5 Å². The van der Waals surface area contributed by atoms with Gasteiger partial charge in [-0.25, -0.2) is 19.9 Å². The minimum Gasteiger partial charge on any atom is -0.382 e. The Kier molecular flexibility index (Phi) is 5.55. The maximum absolute atomic E-state index is 6.79. The van der Waals surface area contributed by atoms with Crippen LogP contribution in [0.1, 0.15) is 35.6 Å². The van der Waals surface area contributed by atoms with E-state index < -0.39 is 0 Å². The van der Waals surface area contributed by atoms with Gasteiger partial charge in [-0.15, -0.1) is 0 Å². The highest BCUT2D eigenvalue weighted by Gasteiger charge is 2.46. The Bertz CT molecular complexity index is 1430. The van der Waals surface area contributed by atoms with Crippen LogP contribution in [0.25, 0.3) is 11.2 Å². The molecule has 0 bridgehead atoms. The molecule has 1 fully saturated rings. The number of aryl methyl sites for hydroxylation is 1. The molecule has 7 nitrogen and oxygen atoms in total. The standard InChI is InChI=1S/C26H26ClN7S/c1-15-2-3-16-13-26(23(28)17(16)12-15)7-10-34(11-8-26)20-14-31-25-18(32-20)4-5-21(33-25)35-19-6-9-30-24(29)22(19)27/h2-6,9,12,14,23H,7-8,10-11,13,28H2,1H3,(H2,29,30)/t23-/m1/s1. The number of halogens is 1. The summed E-state index contributed by atoms with van der Waals surface area (Å²) in [6, 6.07) is 12.5. The van der Waals surface area contributed by atoms with Gasteiger partial charge in [0.25, 0.3) is 0 Å². The quantitative estimate of drug-likeness (QED) is 0.404. The molecule has 35 heavy (non-hydrogen) atoms. The van der Waals surface area contributed by atoms with Gasteiger partial charge in [-0.05, 0) is 60.9 Å². The van der Waals surface area contributed by atoms with E-state index in [0.717, 1.165) is 53.6 Å². The number of piperidine rings is 1. The van der Waals surface area contributed by atoms with Crippen molar-refractivity contribution in [2.45, 2.75) is 42.1 Å². The molecule has 3 aromatic heterocycles. The number of benzene rings is 1. The highest BCUT2D eigenvalue weighted by atomic mass is 35.5. The zero-order valence-corrected chi connectivity index (χ0v) is 21.0. The number of aromatic nitrogens is 4. The first-order valence-electron chi connectivity index (χ1n) is 11.7. The number of nitrogens with zero attached hydrogens (tertiary/aromatic N) is 5. The Labute approximate surface area is 213 Å². The molecule has 1 saturated heterocycles. The van der Waals surface area contributed by atoms with Crippen molar-refractivity contribution in [2.75, 3.05) is 23.7 Å². The van der Waals surface area contributed by atoms with Gasteiger partial charge in [-0.3, -0.25) is 0 Å². The third kappa shape index (κ3) is 3.99. The fourth-order valence-electron chi connectivity index (χ4n) is 5.37. The molecule has 1 aliphatic heterocycles. The summed E-state index contributed by atoms with van der Waals surface area (Å²) in [4.78, 5) is 21.3. The molecule has 1 spiro atoms. The number of fused-ring (bicyclic) bond motifs is 2. The van der Waals surface area contributed by atoms with Crippen LogP contribution in [-0.2, 0) is 6.42 Å². The first-order valence-corrected chi connectivity index (χ1v) is 12.9. The molecule has 9 heteroatoms. The molecule has 4 N–H and O–H groups in total. The van der Waals surface area contributed by atoms with Gasteiger partial charge in [0.1, 0.15) is 22.2 Å². The highest BCUT2D eigenvalue weighted by Crippen LogP contribution is 2.51. The number of rotatable bonds is 3. The van der Waals surface area contributed by atoms with Crippen molar-refractivity contribution < 1.29 is 0 Å². The number of pyridine rings is 2. The second-order valence-electron chi connectivity index (χ2n) is 9.54. The summed E-state index contributed by atoms with van der Waals surface area (Å²) in [5.41, 5.74) is 18.2. The first-order chi connectivity index (χ1) is 16.9. The SMILES string of the molecule is Cc1ccc2c(c1)[C@@H](N)C1(CCN(c3cnc4nc(Sc5ccnc(N)c5Cl)ccc4n3)CC1)C2. The number of hydrogen-bond donors (Lipinski definition) is 2. The van der Waals surface area contributed by atoms with Gasteiger partial charge in [0.15, 0.2) is 5.65 Å². The van der Waals surface area contributed by atoms with E-state index in [1.54, 1.807) is 6.20 Å². The molecule has 6 rings (SSSR count). The molecule has 0 amide bonds. The fourth-order valence-corrected chi connectivity index (χ4v) is 6.42. The van der Waals surface area contributed by atoms with Crippen LogP contribution in [0.4, 0.5) is 11.6 Å². The fraction of sp³-hybridized carbons (Fsp3) is 0.308. The summed E-state index contributed by atoms with van der Waals surface area (Å²) in [5.74, 6) is 1.20. The largest absolute Gasteiger partial charge is 0.382 e. The monoisotopic (exact) mass is 503 g/mol. The van der Waals surface area contributed by atoms with Gasteiger partial charge in [0.05, 0.1) is 11.2 Å². The third-order valence-electron chi connectivity index (χ3n) is 7.38. The van der Waals surface area contributed by atoms with E-state index in [-0.39, 0.29) is 11.5 Å². The van der Waals surface area contributed by atoms with E-state index in [4.69, 9.17) is 28.1 Å². The van der Waals surface area contributed by atoms with E-state index in [1.807, 2.05) is 24.4 Å². The number of nitrogens with two attached hydrogens (primary N) is 2. The maximum Gasteiger partial charge on any atom is 0.179 e. The van der Waals surface area contributed by atoms with Crippen molar-refractivity contribution in [1.29, 1.82) is 0 Å². The molecule has 178 valence electrons. The van der Waals surface area contributed by atoms with Crippen molar-refractivity contribution >= 4 is 46.2 Å². The van der Waals surface area contributed by atoms with Crippen LogP contribution in [0.15, 0.2) is 58.7 Å². The second kappa shape index (κ2) is 8.62. The Morgan fingerprint density at radius 1 is 1.09 bits per heavy atom. The minimum absolute atomic E-state index is 0.103. The van der Waals surface area contributed by atoms with Crippen LogP contribution in [0.3, 0.4) is 0 Å². The molecule has 2 aliphatic rings. The van der Waals surface area contributed by atoms with Gasteiger partial charge in [-0.2, -0.15) is 0 Å². The van der Waals surface area contributed by atoms with Gasteiger partial charge in [-0.1, -0.05) is 47.1 Å². The number of nitrogen functional groups attached to an aromatic ring is 1. The zero-order chi connectivity index (χ0) is 24.2. The lowest BCUT2D eigenvalue weighted by atomic mass is 9.73. The Morgan fingerprint density at radius 3 is 2.74 bits per heavy atom. The van der Waals surface area contributed by atoms with E-state index in [2.05, 4.69) is 45.0 Å². The lowest BCUT2D eigenvalue weighted by molar-refractivity contribution is 0.187. The summed E-state index contributed by atoms with van der Waals surface area (Å²) >= 11 is 7.71. The summed E-state index contributed by atoms with van der Waals surface area (Å²) in [6.45, 7) is 3.98. The number of anilines is 2. The summed E-state index contributed by atoms with van der Waals surface area (Å²) < 4.78 is 0. The van der Waals surface area contributed by atoms with E-state index in [0.29, 0.717) is 16.5 Å². The lowest BCUT2D eigenvalue weighted by Gasteiger charge is -2.42. The average molecular weight is 504 g/mol. The molecule has 1 aromatic carbocycles. The highest BCUT2D eigenvalue weighted by molar-refractivity contribution is 7.99. The van der Waals surface area contributed by atoms with E-state index >= 15 is 0 Å². The lowest BCUT2D eigenvalue weighted by Crippen LogP contribution is -2.44. The first kappa shape index (κ1) is 22.5. The molecule has 1 atom stereocenters. The van der Waals surface area contributed by atoms with Crippen LogP contribution in [-0.4, -0.2) is 33.0 Å². The molecular weight excluding hydrogens is 478 g/mol. The van der Waals surface area contributed by atoms with Crippen molar-refractivity contribution in [1.82, 2.24) is 19.9 Å². The summed E-state index contributed by atoms with van der Waals surface area (Å²) in [6.07, 6.45) is 6.62. The molecular formula is C26H26ClN7S. The smallest absolute Gasteiger partial charge is 0.179 e. The van der Waals surface area contributed by atoms with Gasteiger partial charge >= 0.3 is 0 Å². The van der Waals surface area contributed by atoms with Crippen LogP contribution in [0.2, 0.25) is 5.02 Å². The van der Waals surface area contributed by atoms with Gasteiger partial charge < -0.3 is 16.4 Å². The summed E-state index contributed by atoms with van der Waals surface area (Å²) in [5, 5.41) is 1.21.